The van der Waals surface area contributed by atoms with E-state index in [0.717, 1.165) is 105 Å². The van der Waals surface area contributed by atoms with Gasteiger partial charge in [0.2, 0.25) is 0 Å². The molecule has 0 spiro atoms. The summed E-state index contributed by atoms with van der Waals surface area (Å²) in [6, 6.07) is 80.0. The number of pyridine rings is 1. The van der Waals surface area contributed by atoms with Crippen molar-refractivity contribution < 1.29 is 4.42 Å². The van der Waals surface area contributed by atoms with Gasteiger partial charge in [-0.25, -0.2) is 15.0 Å². The zero-order chi connectivity index (χ0) is 45.0. The number of hydrogen-bond donors (Lipinski definition) is 0. The SMILES string of the molecule is c1ccc(-c2cc(-c3ccccc3)cc(-c3cnc(-c4cccc5oc6ccc7c8ccccc8n(-c8ccccc8)c7c6c45)c(-c4nc(-c5ccccc5)nc(-c5ccccc5)n4)c3)c2)cc1. The molecule has 9 aromatic carbocycles. The number of hydrogen-bond acceptors (Lipinski definition) is 5. The molecule has 13 aromatic rings. The Kier molecular flexibility index (Phi) is 9.39. The predicted molar refractivity (Wildman–Crippen MR) is 277 cm³/mol. The largest absolute Gasteiger partial charge is 0.456 e. The predicted octanol–water partition coefficient (Wildman–Crippen LogP) is 15.9. The van der Waals surface area contributed by atoms with Crippen molar-refractivity contribution in [1.82, 2.24) is 24.5 Å². The standard InChI is InChI=1S/C62H39N5O/c1-6-19-40(20-7-1)44-35-45(41-21-8-2-9-22-41)37-46(36-44)47-38-52(62-65-60(42-23-10-3-11-24-42)64-61(66-62)43-25-12-4-13-26-43)58(63-39-47)51-30-18-32-54-56(51)57-55(68-54)34-33-50-49-29-16-17-31-53(49)67(59(50)57)48-27-14-5-15-28-48/h1-39H. The van der Waals surface area contributed by atoms with Crippen LogP contribution >= 0.6 is 0 Å². The molecule has 0 radical (unpaired) electrons. The maximum atomic E-state index is 6.83. The monoisotopic (exact) mass is 869 g/mol. The molecule has 6 nitrogen and oxygen atoms in total. The number of furan rings is 1. The van der Waals surface area contributed by atoms with Gasteiger partial charge < -0.3 is 8.98 Å². The summed E-state index contributed by atoms with van der Waals surface area (Å²) in [6.45, 7) is 0. The minimum absolute atomic E-state index is 0.512. The van der Waals surface area contributed by atoms with E-state index in [1.54, 1.807) is 0 Å². The molecular weight excluding hydrogens is 831 g/mol. The highest BCUT2D eigenvalue weighted by Gasteiger charge is 2.25. The summed E-state index contributed by atoms with van der Waals surface area (Å²) < 4.78 is 9.20. The first-order valence-electron chi connectivity index (χ1n) is 22.8. The van der Waals surface area contributed by atoms with Gasteiger partial charge in [-0.2, -0.15) is 0 Å². The fraction of sp³-hybridized carbons (Fsp3) is 0. The summed E-state index contributed by atoms with van der Waals surface area (Å²) in [7, 11) is 0. The van der Waals surface area contributed by atoms with Gasteiger partial charge in [-0.15, -0.1) is 0 Å². The smallest absolute Gasteiger partial charge is 0.166 e. The molecule has 0 N–H and O–H groups in total. The van der Waals surface area contributed by atoms with Crippen molar-refractivity contribution in [1.29, 1.82) is 0 Å². The number of rotatable bonds is 8. The Hall–Kier alpha value is -9.26. The molecule has 0 unspecified atom stereocenters. The lowest BCUT2D eigenvalue weighted by Crippen LogP contribution is -2.02. The Morgan fingerprint density at radius 2 is 0.853 bits per heavy atom. The highest BCUT2D eigenvalue weighted by Crippen LogP contribution is 2.46. The molecular formula is C62H39N5O. The third kappa shape index (κ3) is 6.74. The van der Waals surface area contributed by atoms with Gasteiger partial charge in [-0.05, 0) is 88.5 Å². The highest BCUT2D eigenvalue weighted by molar-refractivity contribution is 6.27. The molecule has 0 bridgehead atoms. The van der Waals surface area contributed by atoms with Crippen LogP contribution in [0.15, 0.2) is 241 Å². The molecule has 0 saturated heterocycles. The van der Waals surface area contributed by atoms with Crippen LogP contribution in [0.2, 0.25) is 0 Å². The summed E-state index contributed by atoms with van der Waals surface area (Å²) in [5, 5.41) is 4.29. The van der Waals surface area contributed by atoms with E-state index in [0.29, 0.717) is 17.5 Å². The lowest BCUT2D eigenvalue weighted by Gasteiger charge is -2.15. The van der Waals surface area contributed by atoms with Crippen molar-refractivity contribution in [2.24, 2.45) is 0 Å². The number of nitrogens with zero attached hydrogens (tertiary/aromatic N) is 5. The summed E-state index contributed by atoms with van der Waals surface area (Å²) >= 11 is 0. The lowest BCUT2D eigenvalue weighted by atomic mass is 9.92. The molecule has 0 aliphatic rings. The second-order valence-corrected chi connectivity index (χ2v) is 17.0. The van der Waals surface area contributed by atoms with E-state index in [1.165, 1.54) is 5.39 Å². The maximum Gasteiger partial charge on any atom is 0.166 e. The van der Waals surface area contributed by atoms with Crippen LogP contribution in [0, 0.1) is 0 Å². The summed E-state index contributed by atoms with van der Waals surface area (Å²) in [4.78, 5) is 21.2. The van der Waals surface area contributed by atoms with Crippen LogP contribution in [0.3, 0.4) is 0 Å². The molecule has 0 aliphatic heterocycles. The van der Waals surface area contributed by atoms with Crippen LogP contribution in [-0.2, 0) is 0 Å². The van der Waals surface area contributed by atoms with Gasteiger partial charge in [0.1, 0.15) is 11.2 Å². The van der Waals surface area contributed by atoms with Gasteiger partial charge in [0.25, 0.3) is 0 Å². The molecule has 0 fully saturated rings. The number of aromatic nitrogens is 5. The zero-order valence-corrected chi connectivity index (χ0v) is 36.7. The molecule has 13 rings (SSSR count). The van der Waals surface area contributed by atoms with E-state index in [2.05, 4.69) is 174 Å². The maximum absolute atomic E-state index is 6.83. The third-order valence-corrected chi connectivity index (χ3v) is 12.9. The molecule has 0 amide bonds. The first kappa shape index (κ1) is 39.1. The van der Waals surface area contributed by atoms with Gasteiger partial charge in [0.15, 0.2) is 17.5 Å². The van der Waals surface area contributed by atoms with E-state index in [4.69, 9.17) is 24.4 Å². The fourth-order valence-corrected chi connectivity index (χ4v) is 9.73. The average molecular weight is 870 g/mol. The first-order chi connectivity index (χ1) is 33.7. The molecule has 0 atom stereocenters. The van der Waals surface area contributed by atoms with Gasteiger partial charge in [0.05, 0.1) is 22.1 Å². The summed E-state index contributed by atoms with van der Waals surface area (Å²) in [5.74, 6) is 1.66. The van der Waals surface area contributed by atoms with Crippen molar-refractivity contribution in [3.05, 3.63) is 237 Å². The average Bonchev–Trinajstić information content (AvgIpc) is 3.98. The van der Waals surface area contributed by atoms with Crippen LogP contribution in [0.5, 0.6) is 0 Å². The Bertz CT molecular complexity index is 3880. The van der Waals surface area contributed by atoms with E-state index in [-0.39, 0.29) is 0 Å². The second-order valence-electron chi connectivity index (χ2n) is 17.0. The number of benzene rings is 9. The van der Waals surface area contributed by atoms with Crippen LogP contribution in [0.4, 0.5) is 0 Å². The van der Waals surface area contributed by atoms with E-state index in [9.17, 15) is 0 Å². The molecule has 4 heterocycles. The van der Waals surface area contributed by atoms with Crippen LogP contribution in [0.1, 0.15) is 0 Å². The van der Waals surface area contributed by atoms with Gasteiger partial charge in [-0.3, -0.25) is 4.98 Å². The normalized spacial score (nSPS) is 11.5. The lowest BCUT2D eigenvalue weighted by molar-refractivity contribution is 0.669. The van der Waals surface area contributed by atoms with Crippen molar-refractivity contribution in [3.63, 3.8) is 0 Å². The fourth-order valence-electron chi connectivity index (χ4n) is 9.73. The summed E-state index contributed by atoms with van der Waals surface area (Å²) in [6.07, 6.45) is 1.99. The van der Waals surface area contributed by atoms with E-state index >= 15 is 0 Å². The van der Waals surface area contributed by atoms with Crippen molar-refractivity contribution >= 4 is 43.7 Å². The molecule has 6 heteroatoms. The summed E-state index contributed by atoms with van der Waals surface area (Å²) in [5.41, 5.74) is 15.4. The third-order valence-electron chi connectivity index (χ3n) is 12.9. The molecule has 0 aliphatic carbocycles. The minimum atomic E-state index is 0.512. The van der Waals surface area contributed by atoms with Crippen LogP contribution < -0.4 is 0 Å². The van der Waals surface area contributed by atoms with Crippen LogP contribution in [0.25, 0.3) is 128 Å². The van der Waals surface area contributed by atoms with Crippen molar-refractivity contribution in [3.8, 4) is 84.5 Å². The molecule has 0 saturated carbocycles. The first-order valence-corrected chi connectivity index (χ1v) is 22.8. The Balaban J connectivity index is 1.12. The molecule has 4 aromatic heterocycles. The van der Waals surface area contributed by atoms with Gasteiger partial charge >= 0.3 is 0 Å². The highest BCUT2D eigenvalue weighted by atomic mass is 16.3. The number of fused-ring (bicyclic) bond motifs is 7. The zero-order valence-electron chi connectivity index (χ0n) is 36.7. The Labute approximate surface area is 392 Å². The topological polar surface area (TPSA) is 69.6 Å². The van der Waals surface area contributed by atoms with Crippen molar-refractivity contribution in [2.75, 3.05) is 0 Å². The molecule has 68 heavy (non-hydrogen) atoms. The van der Waals surface area contributed by atoms with E-state index in [1.807, 2.05) is 66.9 Å². The van der Waals surface area contributed by atoms with Gasteiger partial charge in [-0.1, -0.05) is 170 Å². The van der Waals surface area contributed by atoms with Gasteiger partial charge in [0, 0.05) is 55.9 Å². The quantitative estimate of drug-likeness (QED) is 0.152. The Morgan fingerprint density at radius 1 is 0.338 bits per heavy atom. The molecule has 318 valence electrons. The number of para-hydroxylation sites is 2. The minimum Gasteiger partial charge on any atom is -0.456 e. The van der Waals surface area contributed by atoms with E-state index < -0.39 is 0 Å². The van der Waals surface area contributed by atoms with Crippen LogP contribution in [-0.4, -0.2) is 24.5 Å². The second kappa shape index (κ2) is 16.3. The van der Waals surface area contributed by atoms with Crippen molar-refractivity contribution in [2.45, 2.75) is 0 Å². The Morgan fingerprint density at radius 3 is 1.47 bits per heavy atom.